The Labute approximate surface area is 139 Å². The van der Waals surface area contributed by atoms with Gasteiger partial charge in [-0.05, 0) is 18.2 Å². The van der Waals surface area contributed by atoms with Crippen molar-refractivity contribution in [1.29, 1.82) is 0 Å². The molecule has 2 aromatic rings. The Morgan fingerprint density at radius 1 is 1.05 bits per heavy atom. The normalized spacial score (nSPS) is 20.8. The van der Waals surface area contributed by atoms with E-state index in [9.17, 15) is 5.11 Å². The average Bonchev–Trinajstić information content (AvgIpc) is 2.56. The number of hydrogen-bond donors (Lipinski definition) is 1. The second kappa shape index (κ2) is 6.23. The van der Waals surface area contributed by atoms with Crippen LogP contribution in [0.1, 0.15) is 0 Å². The second-order valence-corrected chi connectivity index (χ2v) is 6.01. The van der Waals surface area contributed by atoms with Crippen LogP contribution >= 0.6 is 23.2 Å². The molecule has 1 heterocycles. The monoisotopic (exact) mass is 333 g/mol. The minimum absolute atomic E-state index is 0.0324. The maximum atomic E-state index is 9.52. The fraction of sp³-hybridized carbons (Fsp3) is 0.118. The molecule has 0 aliphatic carbocycles. The fourth-order valence-electron chi connectivity index (χ4n) is 2.67. The average molecular weight is 334 g/mol. The number of aliphatic hydroxyl groups is 1. The van der Waals surface area contributed by atoms with Crippen LogP contribution in [0.3, 0.4) is 0 Å². The summed E-state index contributed by atoms with van der Waals surface area (Å²) in [6.45, 7) is 0.542. The van der Waals surface area contributed by atoms with Crippen LogP contribution in [0.25, 0.3) is 0 Å². The highest BCUT2D eigenvalue weighted by Crippen LogP contribution is 2.40. The first-order chi connectivity index (χ1) is 10.7. The zero-order chi connectivity index (χ0) is 15.6. The molecular formula is C17H15Cl2N2O+. The molecule has 112 valence electrons. The molecule has 0 radical (unpaired) electrons. The maximum absolute atomic E-state index is 9.52. The molecule has 1 N–H and O–H groups in total. The standard InChI is InChI=1S/C17H15Cl2N2O/c18-14-5-7-15(8-6-14)21(10-13(11-22)9-20-12-21)17-4-2-1-3-16(17)19/h1-9,12,22H,10-11H2/q+1. The van der Waals surface area contributed by atoms with Crippen LogP contribution in [0.5, 0.6) is 0 Å². The molecule has 0 spiro atoms. The fourth-order valence-corrected chi connectivity index (χ4v) is 3.08. The highest BCUT2D eigenvalue weighted by Gasteiger charge is 2.36. The third kappa shape index (κ3) is 2.69. The first-order valence-corrected chi connectivity index (χ1v) is 7.63. The topological polar surface area (TPSA) is 32.6 Å². The van der Waals surface area contributed by atoms with Gasteiger partial charge in [0.25, 0.3) is 0 Å². The van der Waals surface area contributed by atoms with Gasteiger partial charge in [0, 0.05) is 35.0 Å². The second-order valence-electron chi connectivity index (χ2n) is 5.16. The van der Waals surface area contributed by atoms with E-state index in [-0.39, 0.29) is 6.61 Å². The molecule has 5 heteroatoms. The number of rotatable bonds is 3. The predicted molar refractivity (Wildman–Crippen MR) is 92.9 cm³/mol. The lowest BCUT2D eigenvalue weighted by Crippen LogP contribution is -2.46. The van der Waals surface area contributed by atoms with Gasteiger partial charge >= 0.3 is 0 Å². The van der Waals surface area contributed by atoms with Gasteiger partial charge in [0.05, 0.1) is 6.61 Å². The number of quaternary nitrogens is 1. The van der Waals surface area contributed by atoms with Crippen LogP contribution in [0.2, 0.25) is 10.0 Å². The molecule has 3 rings (SSSR count). The summed E-state index contributed by atoms with van der Waals surface area (Å²) in [7, 11) is 0. The molecule has 0 saturated carbocycles. The third-order valence-electron chi connectivity index (χ3n) is 3.75. The van der Waals surface area contributed by atoms with Gasteiger partial charge in [-0.2, -0.15) is 0 Å². The van der Waals surface area contributed by atoms with Crippen molar-refractivity contribution in [1.82, 2.24) is 4.48 Å². The van der Waals surface area contributed by atoms with E-state index in [0.717, 1.165) is 16.9 Å². The third-order valence-corrected chi connectivity index (χ3v) is 4.32. The maximum Gasteiger partial charge on any atom is 0.200 e. The lowest BCUT2D eigenvalue weighted by Gasteiger charge is -2.35. The Morgan fingerprint density at radius 3 is 2.45 bits per heavy atom. The lowest BCUT2D eigenvalue weighted by molar-refractivity contribution is 0.322. The summed E-state index contributed by atoms with van der Waals surface area (Å²) < 4.78 is 0.323. The van der Waals surface area contributed by atoms with E-state index in [1.165, 1.54) is 0 Å². The van der Waals surface area contributed by atoms with Crippen molar-refractivity contribution >= 4 is 40.9 Å². The molecule has 0 saturated heterocycles. The molecule has 0 aromatic heterocycles. The number of aliphatic hydroxyl groups excluding tert-OH is 1. The summed E-state index contributed by atoms with van der Waals surface area (Å²) in [5.74, 6) is 0. The van der Waals surface area contributed by atoms with Gasteiger partial charge in [-0.1, -0.05) is 35.3 Å². The van der Waals surface area contributed by atoms with Crippen molar-refractivity contribution in [3.8, 4) is 0 Å². The quantitative estimate of drug-likeness (QED) is 0.821. The lowest BCUT2D eigenvalue weighted by atomic mass is 10.1. The number of nitrogens with zero attached hydrogens (tertiary/aromatic N) is 2. The van der Waals surface area contributed by atoms with Gasteiger partial charge in [-0.3, -0.25) is 0 Å². The molecule has 0 bridgehead atoms. The van der Waals surface area contributed by atoms with Gasteiger partial charge in [0.15, 0.2) is 5.69 Å². The summed E-state index contributed by atoms with van der Waals surface area (Å²) in [6, 6.07) is 15.3. The van der Waals surface area contributed by atoms with Gasteiger partial charge in [0.2, 0.25) is 6.34 Å². The smallest absolute Gasteiger partial charge is 0.200 e. The summed E-state index contributed by atoms with van der Waals surface area (Å²) in [4.78, 5) is 4.33. The van der Waals surface area contributed by atoms with Crippen LogP contribution < -0.4 is 4.48 Å². The Morgan fingerprint density at radius 2 is 1.77 bits per heavy atom. The number of benzene rings is 2. The number of halogens is 2. The molecule has 3 nitrogen and oxygen atoms in total. The number of aliphatic imine (C=N–C) groups is 1. The largest absolute Gasteiger partial charge is 0.392 e. The van der Waals surface area contributed by atoms with Gasteiger partial charge in [-0.25, -0.2) is 9.48 Å². The van der Waals surface area contributed by atoms with Crippen molar-refractivity contribution in [2.75, 3.05) is 13.2 Å². The molecule has 22 heavy (non-hydrogen) atoms. The van der Waals surface area contributed by atoms with E-state index in [1.54, 1.807) is 6.20 Å². The van der Waals surface area contributed by atoms with Crippen molar-refractivity contribution in [3.05, 3.63) is 70.3 Å². The van der Waals surface area contributed by atoms with Crippen LogP contribution in [0.4, 0.5) is 11.4 Å². The Bertz CT molecular complexity index is 741. The van der Waals surface area contributed by atoms with Crippen LogP contribution in [0, 0.1) is 0 Å². The first kappa shape index (κ1) is 15.3. The SMILES string of the molecule is OCC1=CN=C[N+](c2ccc(Cl)cc2)(c2ccccc2Cl)C1. The van der Waals surface area contributed by atoms with Crippen LogP contribution in [-0.2, 0) is 0 Å². The molecular weight excluding hydrogens is 319 g/mol. The minimum Gasteiger partial charge on any atom is -0.392 e. The van der Waals surface area contributed by atoms with E-state index in [2.05, 4.69) is 4.99 Å². The van der Waals surface area contributed by atoms with E-state index in [1.807, 2.05) is 54.9 Å². The Kier molecular flexibility index (Phi) is 4.32. The zero-order valence-electron chi connectivity index (χ0n) is 11.8. The summed E-state index contributed by atoms with van der Waals surface area (Å²) in [6.07, 6.45) is 3.53. The van der Waals surface area contributed by atoms with Crippen LogP contribution in [0.15, 0.2) is 65.3 Å². The van der Waals surface area contributed by atoms with Crippen molar-refractivity contribution in [2.45, 2.75) is 0 Å². The van der Waals surface area contributed by atoms with E-state index >= 15 is 0 Å². The summed E-state index contributed by atoms with van der Waals surface area (Å²) in [5.41, 5.74) is 2.74. The van der Waals surface area contributed by atoms with Crippen molar-refractivity contribution in [2.24, 2.45) is 4.99 Å². The summed E-state index contributed by atoms with van der Waals surface area (Å²) in [5, 5.41) is 10.9. The molecule has 1 aliphatic rings. The van der Waals surface area contributed by atoms with Gasteiger partial charge < -0.3 is 5.11 Å². The summed E-state index contributed by atoms with van der Waals surface area (Å²) >= 11 is 12.4. The van der Waals surface area contributed by atoms with E-state index in [4.69, 9.17) is 23.2 Å². The van der Waals surface area contributed by atoms with E-state index in [0.29, 0.717) is 21.1 Å². The zero-order valence-corrected chi connectivity index (χ0v) is 13.3. The number of hydrogen-bond acceptors (Lipinski definition) is 2. The number of para-hydroxylation sites is 1. The molecule has 1 atom stereocenters. The van der Waals surface area contributed by atoms with Crippen molar-refractivity contribution < 1.29 is 5.11 Å². The Hall–Kier alpha value is -1.65. The molecule has 1 unspecified atom stereocenters. The highest BCUT2D eigenvalue weighted by atomic mass is 35.5. The first-order valence-electron chi connectivity index (χ1n) is 6.88. The molecule has 1 aliphatic heterocycles. The molecule has 0 amide bonds. The van der Waals surface area contributed by atoms with Crippen molar-refractivity contribution in [3.63, 3.8) is 0 Å². The Balaban J connectivity index is 2.20. The van der Waals surface area contributed by atoms with Gasteiger partial charge in [0.1, 0.15) is 17.3 Å². The molecule has 0 fully saturated rings. The predicted octanol–water partition coefficient (Wildman–Crippen LogP) is 4.55. The van der Waals surface area contributed by atoms with Crippen LogP contribution in [-0.4, -0.2) is 24.6 Å². The van der Waals surface area contributed by atoms with E-state index < -0.39 is 0 Å². The minimum atomic E-state index is -0.0324. The van der Waals surface area contributed by atoms with Gasteiger partial charge in [-0.15, -0.1) is 0 Å². The molecule has 2 aromatic carbocycles. The highest BCUT2D eigenvalue weighted by molar-refractivity contribution is 6.33.